The fraction of sp³-hybridized carbons (Fsp3) is 0.400. The van der Waals surface area contributed by atoms with Crippen molar-refractivity contribution in [2.24, 2.45) is 7.05 Å². The Labute approximate surface area is 108 Å². The van der Waals surface area contributed by atoms with Crippen molar-refractivity contribution in [3.63, 3.8) is 0 Å². The van der Waals surface area contributed by atoms with Crippen molar-refractivity contribution in [3.05, 3.63) is 28.7 Å². The smallest absolute Gasteiger partial charge is 0.331 e. The number of hydrogen-bond donors (Lipinski definition) is 1. The Hall–Kier alpha value is -2.42. The van der Waals surface area contributed by atoms with Crippen LogP contribution in [0.15, 0.2) is 18.6 Å². The van der Waals surface area contributed by atoms with Gasteiger partial charge in [0.15, 0.2) is 0 Å². The van der Waals surface area contributed by atoms with Crippen LogP contribution >= 0.6 is 0 Å². The first-order valence-corrected chi connectivity index (χ1v) is 5.56. The van der Waals surface area contributed by atoms with Gasteiger partial charge in [-0.2, -0.15) is 5.10 Å². The molecule has 2 heterocycles. The molecule has 0 aromatic carbocycles. The molecule has 9 nitrogen and oxygen atoms in total. The second kappa shape index (κ2) is 5.48. The molecule has 19 heavy (non-hydrogen) atoms. The van der Waals surface area contributed by atoms with Crippen LogP contribution in [0.5, 0.6) is 0 Å². The van der Waals surface area contributed by atoms with E-state index < -0.39 is 4.92 Å². The molecule has 0 spiro atoms. The van der Waals surface area contributed by atoms with Crippen LogP contribution in [-0.4, -0.2) is 38.2 Å². The largest absolute Gasteiger partial charge is 0.383 e. The van der Waals surface area contributed by atoms with Crippen molar-refractivity contribution in [2.75, 3.05) is 19.0 Å². The molecule has 0 aliphatic heterocycles. The fourth-order valence-electron chi connectivity index (χ4n) is 1.57. The molecule has 0 atom stereocenters. The van der Waals surface area contributed by atoms with Crippen molar-refractivity contribution in [1.29, 1.82) is 0 Å². The van der Waals surface area contributed by atoms with Gasteiger partial charge >= 0.3 is 5.69 Å². The third-order valence-corrected chi connectivity index (χ3v) is 2.43. The number of aryl methyl sites for hydroxylation is 1. The first-order chi connectivity index (χ1) is 9.10. The Balaban J connectivity index is 2.12. The molecule has 2 aromatic heterocycles. The minimum atomic E-state index is -0.481. The number of methoxy groups -OCH3 is 1. The minimum absolute atomic E-state index is 0.0767. The quantitative estimate of drug-likeness (QED) is 0.616. The predicted octanol–water partition coefficient (Wildman–Crippen LogP) is 0.915. The van der Waals surface area contributed by atoms with E-state index >= 15 is 0 Å². The van der Waals surface area contributed by atoms with Gasteiger partial charge in [0.25, 0.3) is 0 Å². The number of hydrogen-bond acceptors (Lipinski definition) is 6. The minimum Gasteiger partial charge on any atom is -0.383 e. The van der Waals surface area contributed by atoms with E-state index in [1.165, 1.54) is 10.9 Å². The van der Waals surface area contributed by atoms with E-state index in [0.29, 0.717) is 18.8 Å². The van der Waals surface area contributed by atoms with E-state index in [4.69, 9.17) is 4.74 Å². The lowest BCUT2D eigenvalue weighted by Crippen LogP contribution is -2.04. The maximum atomic E-state index is 10.8. The van der Waals surface area contributed by atoms with Crippen LogP contribution in [0.4, 0.5) is 17.2 Å². The van der Waals surface area contributed by atoms with E-state index in [1.54, 1.807) is 31.2 Å². The zero-order chi connectivity index (χ0) is 13.8. The Kier molecular flexibility index (Phi) is 3.76. The Morgan fingerprint density at radius 2 is 2.32 bits per heavy atom. The molecule has 0 amide bonds. The summed E-state index contributed by atoms with van der Waals surface area (Å²) < 4.78 is 8.01. The lowest BCUT2D eigenvalue weighted by atomic mass is 10.5. The standard InChI is InChI=1S/C10H14N6O3/c1-14-7-9(16(17)18)10(13-14)12-8-5-11-15(6-8)3-4-19-2/h5-7H,3-4H2,1-2H3,(H,12,13). The second-order valence-electron chi connectivity index (χ2n) is 3.90. The maximum absolute atomic E-state index is 10.8. The highest BCUT2D eigenvalue weighted by Gasteiger charge is 2.18. The van der Waals surface area contributed by atoms with Crippen LogP contribution in [0.25, 0.3) is 0 Å². The molecule has 0 saturated heterocycles. The average Bonchev–Trinajstić information content (AvgIpc) is 2.94. The molecule has 102 valence electrons. The average molecular weight is 266 g/mol. The van der Waals surface area contributed by atoms with Crippen molar-refractivity contribution < 1.29 is 9.66 Å². The molecule has 0 fully saturated rings. The van der Waals surface area contributed by atoms with Crippen LogP contribution in [0.2, 0.25) is 0 Å². The first kappa shape index (κ1) is 13.0. The normalized spacial score (nSPS) is 10.6. The maximum Gasteiger partial charge on any atom is 0.331 e. The molecule has 2 aromatic rings. The summed E-state index contributed by atoms with van der Waals surface area (Å²) in [5, 5.41) is 21.8. The van der Waals surface area contributed by atoms with Crippen molar-refractivity contribution in [3.8, 4) is 0 Å². The van der Waals surface area contributed by atoms with E-state index in [1.807, 2.05) is 0 Å². The molecule has 0 aliphatic carbocycles. The summed E-state index contributed by atoms with van der Waals surface area (Å²) in [6.07, 6.45) is 4.66. The van der Waals surface area contributed by atoms with Crippen molar-refractivity contribution in [1.82, 2.24) is 19.6 Å². The van der Waals surface area contributed by atoms with Gasteiger partial charge < -0.3 is 10.1 Å². The summed E-state index contributed by atoms with van der Waals surface area (Å²) in [4.78, 5) is 10.4. The van der Waals surface area contributed by atoms with Crippen molar-refractivity contribution in [2.45, 2.75) is 6.54 Å². The number of anilines is 2. The molecule has 0 bridgehead atoms. The topological polar surface area (TPSA) is 100 Å². The van der Waals surface area contributed by atoms with Gasteiger partial charge in [0, 0.05) is 20.4 Å². The van der Waals surface area contributed by atoms with Gasteiger partial charge in [0.05, 0.1) is 30.0 Å². The summed E-state index contributed by atoms with van der Waals surface area (Å²) in [5.41, 5.74) is 0.560. The predicted molar refractivity (Wildman–Crippen MR) is 67.2 cm³/mol. The van der Waals surface area contributed by atoms with E-state index in [2.05, 4.69) is 15.5 Å². The fourth-order valence-corrected chi connectivity index (χ4v) is 1.57. The Bertz CT molecular complexity index is 576. The molecular weight excluding hydrogens is 252 g/mol. The van der Waals surface area contributed by atoms with Crippen LogP contribution < -0.4 is 5.32 Å². The number of aromatic nitrogens is 4. The number of rotatable bonds is 6. The van der Waals surface area contributed by atoms with Crippen LogP contribution in [0.3, 0.4) is 0 Å². The summed E-state index contributed by atoms with van der Waals surface area (Å²) >= 11 is 0. The van der Waals surface area contributed by atoms with Crippen LogP contribution in [0.1, 0.15) is 0 Å². The summed E-state index contributed by atoms with van der Waals surface area (Å²) in [6, 6.07) is 0. The Morgan fingerprint density at radius 3 is 3.00 bits per heavy atom. The first-order valence-electron chi connectivity index (χ1n) is 5.56. The zero-order valence-corrected chi connectivity index (χ0v) is 10.6. The van der Waals surface area contributed by atoms with E-state index in [9.17, 15) is 10.1 Å². The third kappa shape index (κ3) is 3.07. The molecule has 0 radical (unpaired) electrons. The third-order valence-electron chi connectivity index (χ3n) is 2.43. The van der Waals surface area contributed by atoms with Crippen LogP contribution in [0, 0.1) is 10.1 Å². The van der Waals surface area contributed by atoms with Crippen molar-refractivity contribution >= 4 is 17.2 Å². The number of nitrogens with zero attached hydrogens (tertiary/aromatic N) is 5. The zero-order valence-electron chi connectivity index (χ0n) is 10.6. The SMILES string of the molecule is COCCn1cc(Nc2nn(C)cc2[N+](=O)[O-])cn1. The lowest BCUT2D eigenvalue weighted by molar-refractivity contribution is -0.384. The molecule has 9 heteroatoms. The molecule has 2 rings (SSSR count). The highest BCUT2D eigenvalue weighted by molar-refractivity contribution is 5.63. The van der Waals surface area contributed by atoms with Gasteiger partial charge in [0.2, 0.25) is 5.82 Å². The molecule has 1 N–H and O–H groups in total. The van der Waals surface area contributed by atoms with Gasteiger partial charge in [-0.25, -0.2) is 0 Å². The molecule has 0 saturated carbocycles. The molecular formula is C10H14N6O3. The highest BCUT2D eigenvalue weighted by atomic mass is 16.6. The second-order valence-corrected chi connectivity index (χ2v) is 3.90. The molecule has 0 aliphatic rings. The van der Waals surface area contributed by atoms with E-state index in [0.717, 1.165) is 0 Å². The lowest BCUT2D eigenvalue weighted by Gasteiger charge is -1.99. The number of ether oxygens (including phenoxy) is 1. The van der Waals surface area contributed by atoms with Gasteiger partial charge in [-0.3, -0.25) is 19.5 Å². The van der Waals surface area contributed by atoms with Gasteiger partial charge in [-0.15, -0.1) is 5.10 Å². The van der Waals surface area contributed by atoms with Gasteiger partial charge in [-0.05, 0) is 0 Å². The van der Waals surface area contributed by atoms with Crippen LogP contribution in [-0.2, 0) is 18.3 Å². The van der Waals surface area contributed by atoms with Gasteiger partial charge in [0.1, 0.15) is 6.20 Å². The highest BCUT2D eigenvalue weighted by Crippen LogP contribution is 2.24. The molecule has 0 unspecified atom stereocenters. The number of nitro groups is 1. The summed E-state index contributed by atoms with van der Waals surface area (Å²) in [6.45, 7) is 1.16. The van der Waals surface area contributed by atoms with E-state index in [-0.39, 0.29) is 11.5 Å². The summed E-state index contributed by atoms with van der Waals surface area (Å²) in [5.74, 6) is 0.193. The monoisotopic (exact) mass is 266 g/mol. The van der Waals surface area contributed by atoms with Gasteiger partial charge in [-0.1, -0.05) is 0 Å². The number of nitrogens with one attached hydrogen (secondary N) is 1. The Morgan fingerprint density at radius 1 is 1.53 bits per heavy atom. The summed E-state index contributed by atoms with van der Waals surface area (Å²) in [7, 11) is 3.24.